The minimum absolute atomic E-state index is 0.641. The highest BCUT2D eigenvalue weighted by atomic mass is 32.1. The van der Waals surface area contributed by atoms with E-state index in [0.717, 1.165) is 11.7 Å². The lowest BCUT2D eigenvalue weighted by Crippen LogP contribution is -2.07. The van der Waals surface area contributed by atoms with Gasteiger partial charge in [-0.1, -0.05) is 27.7 Å². The third kappa shape index (κ3) is 3.29. The van der Waals surface area contributed by atoms with Crippen molar-refractivity contribution in [2.75, 3.05) is 11.9 Å². The molecule has 1 heterocycles. The van der Waals surface area contributed by atoms with Crippen LogP contribution in [0.25, 0.3) is 0 Å². The molecule has 1 N–H and O–H groups in total. The Morgan fingerprint density at radius 3 is 2.71 bits per heavy atom. The van der Waals surface area contributed by atoms with Crippen LogP contribution in [0.1, 0.15) is 44.9 Å². The van der Waals surface area contributed by atoms with Crippen molar-refractivity contribution in [2.24, 2.45) is 5.92 Å². The van der Waals surface area contributed by atoms with Gasteiger partial charge in [0.05, 0.1) is 0 Å². The van der Waals surface area contributed by atoms with E-state index in [4.69, 9.17) is 0 Å². The lowest BCUT2D eigenvalue weighted by Gasteiger charge is -2.05. The van der Waals surface area contributed by atoms with Gasteiger partial charge in [0.1, 0.15) is 0 Å². The van der Waals surface area contributed by atoms with Crippen LogP contribution in [0.5, 0.6) is 0 Å². The zero-order valence-corrected chi connectivity index (χ0v) is 10.3. The van der Waals surface area contributed by atoms with E-state index in [1.807, 2.05) is 6.20 Å². The van der Waals surface area contributed by atoms with Gasteiger partial charge in [0.25, 0.3) is 0 Å². The minimum atomic E-state index is 0.641. The Labute approximate surface area is 90.8 Å². The number of nitrogens with one attached hydrogen (secondary N) is 1. The lowest BCUT2D eigenvalue weighted by atomic mass is 10.1. The van der Waals surface area contributed by atoms with Crippen molar-refractivity contribution in [2.45, 2.75) is 40.0 Å². The molecule has 14 heavy (non-hydrogen) atoms. The summed E-state index contributed by atoms with van der Waals surface area (Å²) < 4.78 is 0. The van der Waals surface area contributed by atoms with Gasteiger partial charge in [-0.25, -0.2) is 4.98 Å². The molecule has 1 atom stereocenters. The van der Waals surface area contributed by atoms with Crippen LogP contribution in [0.4, 0.5) is 5.13 Å². The summed E-state index contributed by atoms with van der Waals surface area (Å²) in [4.78, 5) is 5.75. The van der Waals surface area contributed by atoms with Gasteiger partial charge in [0.15, 0.2) is 5.13 Å². The van der Waals surface area contributed by atoms with E-state index in [2.05, 4.69) is 38.0 Å². The smallest absolute Gasteiger partial charge is 0.182 e. The molecule has 0 aliphatic heterocycles. The summed E-state index contributed by atoms with van der Waals surface area (Å²) in [6.07, 6.45) is 3.19. The normalized spacial score (nSPS) is 13.2. The molecular weight excluding hydrogens is 192 g/mol. The fraction of sp³-hybridized carbons (Fsp3) is 0.727. The van der Waals surface area contributed by atoms with Crippen molar-refractivity contribution >= 4 is 16.5 Å². The highest BCUT2D eigenvalue weighted by Gasteiger charge is 2.07. The van der Waals surface area contributed by atoms with Gasteiger partial charge in [-0.2, -0.15) is 0 Å². The van der Waals surface area contributed by atoms with E-state index in [-0.39, 0.29) is 0 Å². The summed E-state index contributed by atoms with van der Waals surface area (Å²) in [5.74, 6) is 1.31. The fourth-order valence-corrected chi connectivity index (χ4v) is 2.05. The van der Waals surface area contributed by atoms with Crippen molar-refractivity contribution in [1.29, 1.82) is 0 Å². The van der Waals surface area contributed by atoms with E-state index < -0.39 is 0 Å². The molecule has 1 aromatic rings. The Kier molecular flexibility index (Phi) is 4.39. The predicted octanol–water partition coefficient (Wildman–Crippen LogP) is 3.72. The van der Waals surface area contributed by atoms with Crippen LogP contribution in [-0.2, 0) is 0 Å². The van der Waals surface area contributed by atoms with Crippen LogP contribution in [-0.4, -0.2) is 11.5 Å². The average Bonchev–Trinajstić information content (AvgIpc) is 2.62. The molecule has 0 fully saturated rings. The molecule has 0 saturated heterocycles. The predicted molar refractivity (Wildman–Crippen MR) is 64.1 cm³/mol. The second-order valence-corrected chi connectivity index (χ2v) is 5.21. The van der Waals surface area contributed by atoms with Gasteiger partial charge < -0.3 is 5.32 Å². The quantitative estimate of drug-likeness (QED) is 0.804. The second-order valence-electron chi connectivity index (χ2n) is 4.15. The topological polar surface area (TPSA) is 24.9 Å². The van der Waals surface area contributed by atoms with Crippen molar-refractivity contribution in [3.8, 4) is 0 Å². The standard InChI is InChI=1S/C11H20N2S/c1-5-9(4)10-7-13-11(14-10)12-6-8(2)3/h7-9H,5-6H2,1-4H3,(H,12,13). The summed E-state index contributed by atoms with van der Waals surface area (Å²) in [6, 6.07) is 0. The number of hydrogen-bond acceptors (Lipinski definition) is 3. The molecule has 0 spiro atoms. The monoisotopic (exact) mass is 212 g/mol. The maximum absolute atomic E-state index is 4.36. The first-order chi connectivity index (χ1) is 6.63. The van der Waals surface area contributed by atoms with Crippen LogP contribution >= 0.6 is 11.3 Å². The van der Waals surface area contributed by atoms with Gasteiger partial charge in [0.2, 0.25) is 0 Å². The third-order valence-corrected chi connectivity index (χ3v) is 3.47. The molecule has 80 valence electrons. The van der Waals surface area contributed by atoms with Crippen molar-refractivity contribution in [3.63, 3.8) is 0 Å². The highest BCUT2D eigenvalue weighted by molar-refractivity contribution is 7.15. The Morgan fingerprint density at radius 1 is 1.43 bits per heavy atom. The van der Waals surface area contributed by atoms with Crippen LogP contribution in [0.2, 0.25) is 0 Å². The Hall–Kier alpha value is -0.570. The molecule has 0 aliphatic rings. The van der Waals surface area contributed by atoms with Gasteiger partial charge in [-0.15, -0.1) is 11.3 Å². The first-order valence-electron chi connectivity index (χ1n) is 5.33. The first kappa shape index (κ1) is 11.5. The Bertz CT molecular complexity index is 268. The molecule has 0 saturated carbocycles. The molecule has 1 rings (SSSR count). The zero-order chi connectivity index (χ0) is 10.6. The number of aromatic nitrogens is 1. The fourth-order valence-electron chi connectivity index (χ4n) is 1.09. The molecule has 0 bridgehead atoms. The van der Waals surface area contributed by atoms with Crippen LogP contribution in [0, 0.1) is 5.92 Å². The van der Waals surface area contributed by atoms with E-state index in [0.29, 0.717) is 11.8 Å². The van der Waals surface area contributed by atoms with E-state index in [1.165, 1.54) is 11.3 Å². The number of hydrogen-bond donors (Lipinski definition) is 1. The summed E-state index contributed by atoms with van der Waals surface area (Å²) in [5, 5.41) is 4.41. The van der Waals surface area contributed by atoms with Gasteiger partial charge in [0, 0.05) is 17.6 Å². The molecule has 0 aromatic carbocycles. The molecule has 1 aromatic heterocycles. The average molecular weight is 212 g/mol. The van der Waals surface area contributed by atoms with Crippen molar-refractivity contribution in [3.05, 3.63) is 11.1 Å². The molecular formula is C11H20N2S. The number of anilines is 1. The summed E-state index contributed by atoms with van der Waals surface area (Å²) in [6.45, 7) is 9.88. The van der Waals surface area contributed by atoms with E-state index >= 15 is 0 Å². The maximum Gasteiger partial charge on any atom is 0.182 e. The Balaban J connectivity index is 2.50. The van der Waals surface area contributed by atoms with Crippen molar-refractivity contribution < 1.29 is 0 Å². The number of rotatable bonds is 5. The van der Waals surface area contributed by atoms with Gasteiger partial charge in [-0.05, 0) is 18.3 Å². The third-order valence-electron chi connectivity index (χ3n) is 2.28. The second kappa shape index (κ2) is 5.35. The van der Waals surface area contributed by atoms with Crippen LogP contribution in [0.15, 0.2) is 6.20 Å². The molecule has 2 nitrogen and oxygen atoms in total. The van der Waals surface area contributed by atoms with E-state index in [1.54, 1.807) is 11.3 Å². The SMILES string of the molecule is CCC(C)c1cnc(NCC(C)C)s1. The first-order valence-corrected chi connectivity index (χ1v) is 6.14. The maximum atomic E-state index is 4.36. The largest absolute Gasteiger partial charge is 0.361 e. The lowest BCUT2D eigenvalue weighted by molar-refractivity contribution is 0.688. The molecule has 0 radical (unpaired) electrons. The van der Waals surface area contributed by atoms with Crippen molar-refractivity contribution in [1.82, 2.24) is 4.98 Å². The van der Waals surface area contributed by atoms with Crippen LogP contribution in [0.3, 0.4) is 0 Å². The molecule has 0 amide bonds. The zero-order valence-electron chi connectivity index (χ0n) is 9.50. The van der Waals surface area contributed by atoms with Gasteiger partial charge >= 0.3 is 0 Å². The minimum Gasteiger partial charge on any atom is -0.361 e. The van der Waals surface area contributed by atoms with Gasteiger partial charge in [-0.3, -0.25) is 0 Å². The molecule has 3 heteroatoms. The van der Waals surface area contributed by atoms with E-state index in [9.17, 15) is 0 Å². The summed E-state index contributed by atoms with van der Waals surface area (Å²) in [7, 11) is 0. The number of thiazole rings is 1. The Morgan fingerprint density at radius 2 is 2.14 bits per heavy atom. The highest BCUT2D eigenvalue weighted by Crippen LogP contribution is 2.27. The van der Waals surface area contributed by atoms with Crippen LogP contribution < -0.4 is 5.32 Å². The summed E-state index contributed by atoms with van der Waals surface area (Å²) >= 11 is 1.79. The molecule has 1 unspecified atom stereocenters. The summed E-state index contributed by atoms with van der Waals surface area (Å²) in [5.41, 5.74) is 0. The number of nitrogens with zero attached hydrogens (tertiary/aromatic N) is 1. The molecule has 0 aliphatic carbocycles.